The predicted octanol–water partition coefficient (Wildman–Crippen LogP) is 4.34. The monoisotopic (exact) mass is 407 g/mol. The molecule has 0 bridgehead atoms. The van der Waals surface area contributed by atoms with E-state index in [1.54, 1.807) is 12.1 Å². The van der Waals surface area contributed by atoms with E-state index in [1.807, 2.05) is 45.0 Å². The Hall–Kier alpha value is -2.60. The van der Waals surface area contributed by atoms with Gasteiger partial charge in [-0.25, -0.2) is 0 Å². The van der Waals surface area contributed by atoms with Gasteiger partial charge in [0.1, 0.15) is 18.1 Å². The molecule has 0 spiro atoms. The van der Waals surface area contributed by atoms with Crippen molar-refractivity contribution in [3.8, 4) is 23.0 Å². The molecule has 0 aromatic heterocycles. The van der Waals surface area contributed by atoms with Crippen LogP contribution in [0.25, 0.3) is 0 Å². The summed E-state index contributed by atoms with van der Waals surface area (Å²) in [5, 5.41) is 3.12. The summed E-state index contributed by atoms with van der Waals surface area (Å²) < 4.78 is 22.0. The smallest absolute Gasteiger partial charge is 0.251 e. The standard InChI is InChI=1S/C21H26ClNO5/c1-5-26-16-6-8-17(9-7-16)27-11-10-23-21(24)15-12-18(22)20(28-14(2)3)19(13-15)25-4/h6-9,12-14H,5,10-11H2,1-4H3,(H,23,24). The molecule has 2 aromatic carbocycles. The molecule has 0 heterocycles. The molecule has 0 radical (unpaired) electrons. The van der Waals surface area contributed by atoms with Gasteiger partial charge < -0.3 is 24.3 Å². The Morgan fingerprint density at radius 3 is 2.32 bits per heavy atom. The first-order valence-electron chi connectivity index (χ1n) is 9.12. The van der Waals surface area contributed by atoms with Crippen LogP contribution in [0.3, 0.4) is 0 Å². The van der Waals surface area contributed by atoms with E-state index >= 15 is 0 Å². The zero-order valence-electron chi connectivity index (χ0n) is 16.6. The number of rotatable bonds is 10. The molecule has 0 fully saturated rings. The molecule has 0 atom stereocenters. The van der Waals surface area contributed by atoms with E-state index in [1.165, 1.54) is 7.11 Å². The number of nitrogens with one attached hydrogen (secondary N) is 1. The molecular weight excluding hydrogens is 382 g/mol. The van der Waals surface area contributed by atoms with Crippen LogP contribution in [-0.2, 0) is 0 Å². The lowest BCUT2D eigenvalue weighted by Crippen LogP contribution is -2.28. The van der Waals surface area contributed by atoms with Gasteiger partial charge in [0.2, 0.25) is 0 Å². The molecule has 0 aliphatic carbocycles. The number of halogens is 1. The Labute approximate surface area is 170 Å². The van der Waals surface area contributed by atoms with Gasteiger partial charge in [-0.15, -0.1) is 0 Å². The number of carbonyl (C=O) groups is 1. The molecule has 2 aromatic rings. The molecule has 2 rings (SSSR count). The highest BCUT2D eigenvalue weighted by Crippen LogP contribution is 2.37. The van der Waals surface area contributed by atoms with Crippen molar-refractivity contribution in [3.05, 3.63) is 47.0 Å². The van der Waals surface area contributed by atoms with Crippen LogP contribution >= 0.6 is 11.6 Å². The van der Waals surface area contributed by atoms with Gasteiger partial charge in [-0.2, -0.15) is 0 Å². The fourth-order valence-electron chi connectivity index (χ4n) is 2.44. The molecule has 0 aliphatic heterocycles. The molecule has 1 N–H and O–H groups in total. The van der Waals surface area contributed by atoms with Crippen molar-refractivity contribution in [2.45, 2.75) is 26.9 Å². The minimum Gasteiger partial charge on any atom is -0.494 e. The molecular formula is C21H26ClNO5. The summed E-state index contributed by atoms with van der Waals surface area (Å²) in [5.41, 5.74) is 0.388. The second kappa shape index (κ2) is 10.7. The topological polar surface area (TPSA) is 66.0 Å². The molecule has 0 unspecified atom stereocenters. The van der Waals surface area contributed by atoms with E-state index < -0.39 is 0 Å². The molecule has 1 amide bonds. The van der Waals surface area contributed by atoms with Crippen LogP contribution in [0.2, 0.25) is 5.02 Å². The molecule has 28 heavy (non-hydrogen) atoms. The second-order valence-electron chi connectivity index (χ2n) is 6.16. The molecule has 0 saturated heterocycles. The third-order valence-electron chi connectivity index (χ3n) is 3.64. The van der Waals surface area contributed by atoms with Gasteiger partial charge in [0.05, 0.1) is 31.4 Å². The van der Waals surface area contributed by atoms with Crippen molar-refractivity contribution in [2.75, 3.05) is 26.9 Å². The van der Waals surface area contributed by atoms with Crippen LogP contribution < -0.4 is 24.3 Å². The fraction of sp³-hybridized carbons (Fsp3) is 0.381. The maximum atomic E-state index is 12.4. The predicted molar refractivity (Wildman–Crippen MR) is 109 cm³/mol. The van der Waals surface area contributed by atoms with E-state index in [9.17, 15) is 4.79 Å². The van der Waals surface area contributed by atoms with Crippen LogP contribution in [0.1, 0.15) is 31.1 Å². The lowest BCUT2D eigenvalue weighted by molar-refractivity contribution is 0.0946. The van der Waals surface area contributed by atoms with Crippen molar-refractivity contribution in [1.82, 2.24) is 5.32 Å². The summed E-state index contributed by atoms with van der Waals surface area (Å²) >= 11 is 6.26. The van der Waals surface area contributed by atoms with Gasteiger partial charge in [0.25, 0.3) is 5.91 Å². The van der Waals surface area contributed by atoms with Crippen LogP contribution in [0.5, 0.6) is 23.0 Å². The van der Waals surface area contributed by atoms with Crippen molar-refractivity contribution >= 4 is 17.5 Å². The third-order valence-corrected chi connectivity index (χ3v) is 3.92. The first-order chi connectivity index (χ1) is 13.4. The summed E-state index contributed by atoms with van der Waals surface area (Å²) in [6, 6.07) is 10.5. The number of hydrogen-bond acceptors (Lipinski definition) is 5. The maximum Gasteiger partial charge on any atom is 0.251 e. The van der Waals surface area contributed by atoms with Crippen LogP contribution in [0.4, 0.5) is 0 Å². The zero-order chi connectivity index (χ0) is 20.5. The summed E-state index contributed by atoms with van der Waals surface area (Å²) in [5.74, 6) is 2.06. The lowest BCUT2D eigenvalue weighted by atomic mass is 10.2. The van der Waals surface area contributed by atoms with Crippen LogP contribution in [0, 0.1) is 0 Å². The molecule has 0 aliphatic rings. The first-order valence-corrected chi connectivity index (χ1v) is 9.50. The van der Waals surface area contributed by atoms with Crippen LogP contribution in [-0.4, -0.2) is 38.9 Å². The highest BCUT2D eigenvalue weighted by Gasteiger charge is 2.16. The van der Waals surface area contributed by atoms with Gasteiger partial charge in [-0.05, 0) is 57.2 Å². The number of carbonyl (C=O) groups excluding carboxylic acids is 1. The van der Waals surface area contributed by atoms with E-state index in [0.717, 1.165) is 5.75 Å². The van der Waals surface area contributed by atoms with Gasteiger partial charge in [-0.1, -0.05) is 11.6 Å². The number of ether oxygens (including phenoxy) is 4. The maximum absolute atomic E-state index is 12.4. The Morgan fingerprint density at radius 2 is 1.75 bits per heavy atom. The second-order valence-corrected chi connectivity index (χ2v) is 6.57. The van der Waals surface area contributed by atoms with E-state index in [4.69, 9.17) is 30.5 Å². The van der Waals surface area contributed by atoms with Crippen molar-refractivity contribution < 1.29 is 23.7 Å². The third kappa shape index (κ3) is 6.23. The summed E-state index contributed by atoms with van der Waals surface area (Å²) in [7, 11) is 1.51. The first kappa shape index (κ1) is 21.7. The average Bonchev–Trinajstić information content (AvgIpc) is 2.67. The lowest BCUT2D eigenvalue weighted by Gasteiger charge is -2.16. The van der Waals surface area contributed by atoms with E-state index in [-0.39, 0.29) is 12.0 Å². The SMILES string of the molecule is CCOc1ccc(OCCNC(=O)c2cc(Cl)c(OC(C)C)c(OC)c2)cc1. The Morgan fingerprint density at radius 1 is 1.11 bits per heavy atom. The highest BCUT2D eigenvalue weighted by atomic mass is 35.5. The largest absolute Gasteiger partial charge is 0.494 e. The average molecular weight is 408 g/mol. The van der Waals surface area contributed by atoms with E-state index in [0.29, 0.717) is 47.6 Å². The molecule has 6 nitrogen and oxygen atoms in total. The normalized spacial score (nSPS) is 10.5. The Balaban J connectivity index is 1.89. The number of amides is 1. The van der Waals surface area contributed by atoms with Gasteiger partial charge in [0.15, 0.2) is 11.5 Å². The number of methoxy groups -OCH3 is 1. The van der Waals surface area contributed by atoms with Crippen LogP contribution in [0.15, 0.2) is 36.4 Å². The molecule has 0 saturated carbocycles. The van der Waals surface area contributed by atoms with E-state index in [2.05, 4.69) is 5.32 Å². The van der Waals surface area contributed by atoms with Crippen molar-refractivity contribution in [2.24, 2.45) is 0 Å². The summed E-state index contributed by atoms with van der Waals surface area (Å²) in [6.07, 6.45) is -0.0640. The minimum absolute atomic E-state index is 0.0640. The highest BCUT2D eigenvalue weighted by molar-refractivity contribution is 6.32. The molecule has 152 valence electrons. The van der Waals surface area contributed by atoms with Gasteiger partial charge >= 0.3 is 0 Å². The Kier molecular flexibility index (Phi) is 8.26. The van der Waals surface area contributed by atoms with Gasteiger partial charge in [0, 0.05) is 5.56 Å². The van der Waals surface area contributed by atoms with Crippen molar-refractivity contribution in [1.29, 1.82) is 0 Å². The summed E-state index contributed by atoms with van der Waals surface area (Å²) in [4.78, 5) is 12.4. The number of hydrogen-bond donors (Lipinski definition) is 1. The summed E-state index contributed by atoms with van der Waals surface area (Å²) in [6.45, 7) is 7.00. The minimum atomic E-state index is -0.272. The number of benzene rings is 2. The molecule has 7 heteroatoms. The van der Waals surface area contributed by atoms with Crippen molar-refractivity contribution in [3.63, 3.8) is 0 Å². The fourth-order valence-corrected chi connectivity index (χ4v) is 2.69. The Bertz CT molecular complexity index is 777. The quantitative estimate of drug-likeness (QED) is 0.593. The van der Waals surface area contributed by atoms with Gasteiger partial charge in [-0.3, -0.25) is 4.79 Å². The zero-order valence-corrected chi connectivity index (χ0v) is 17.3.